The molecular formula is C22H21BrN2O5. The number of nitrogens with one attached hydrogen (secondary N) is 1. The third-order valence-electron chi connectivity index (χ3n) is 4.31. The van der Waals surface area contributed by atoms with E-state index >= 15 is 0 Å². The number of methoxy groups -OCH3 is 1. The molecule has 30 heavy (non-hydrogen) atoms. The molecule has 0 saturated heterocycles. The van der Waals surface area contributed by atoms with Crippen molar-refractivity contribution in [3.63, 3.8) is 0 Å². The Morgan fingerprint density at radius 3 is 2.40 bits per heavy atom. The first-order valence-corrected chi connectivity index (χ1v) is 9.96. The summed E-state index contributed by atoms with van der Waals surface area (Å²) < 4.78 is 16.5. The van der Waals surface area contributed by atoms with Crippen molar-refractivity contribution in [3.05, 3.63) is 76.7 Å². The van der Waals surface area contributed by atoms with Crippen molar-refractivity contribution in [2.45, 2.75) is 0 Å². The van der Waals surface area contributed by atoms with Crippen molar-refractivity contribution < 1.29 is 23.5 Å². The van der Waals surface area contributed by atoms with Crippen molar-refractivity contribution in [1.29, 1.82) is 0 Å². The molecule has 1 N–H and O–H groups in total. The minimum atomic E-state index is -0.358. The Bertz CT molecular complexity index is 1020. The van der Waals surface area contributed by atoms with Crippen LogP contribution in [0.2, 0.25) is 0 Å². The van der Waals surface area contributed by atoms with Gasteiger partial charge in [-0.1, -0.05) is 12.1 Å². The number of carbonyl (C=O) groups excluding carboxylic acids is 2. The number of para-hydroxylation sites is 1. The summed E-state index contributed by atoms with van der Waals surface area (Å²) in [4.78, 5) is 26.7. The predicted molar refractivity (Wildman–Crippen MR) is 116 cm³/mol. The Morgan fingerprint density at radius 2 is 1.73 bits per heavy atom. The fraction of sp³-hybridized carbons (Fsp3) is 0.182. The zero-order valence-corrected chi connectivity index (χ0v) is 18.1. The lowest BCUT2D eigenvalue weighted by Gasteiger charge is -2.19. The van der Waals surface area contributed by atoms with Gasteiger partial charge in [-0.2, -0.15) is 0 Å². The zero-order chi connectivity index (χ0) is 21.5. The van der Waals surface area contributed by atoms with Gasteiger partial charge in [-0.25, -0.2) is 0 Å². The Labute approximate surface area is 182 Å². The van der Waals surface area contributed by atoms with E-state index in [1.807, 2.05) is 0 Å². The van der Waals surface area contributed by atoms with Crippen LogP contribution < -0.4 is 19.7 Å². The van der Waals surface area contributed by atoms with Gasteiger partial charge in [0, 0.05) is 7.05 Å². The maximum atomic E-state index is 12.7. The van der Waals surface area contributed by atoms with Crippen LogP contribution in [0.3, 0.4) is 0 Å². The van der Waals surface area contributed by atoms with Crippen LogP contribution in [0, 0.1) is 0 Å². The van der Waals surface area contributed by atoms with E-state index in [4.69, 9.17) is 13.9 Å². The number of carbonyl (C=O) groups is 2. The number of halogens is 1. The largest absolute Gasteiger partial charge is 0.497 e. The molecule has 2 aromatic carbocycles. The molecule has 8 heteroatoms. The fourth-order valence-electron chi connectivity index (χ4n) is 2.76. The lowest BCUT2D eigenvalue weighted by molar-refractivity contribution is 0.0947. The van der Waals surface area contributed by atoms with Crippen LogP contribution in [0.5, 0.6) is 11.5 Å². The number of ether oxygens (including phenoxy) is 2. The molecule has 0 aliphatic carbocycles. The molecule has 1 aromatic heterocycles. The number of anilines is 1. The van der Waals surface area contributed by atoms with Crippen LogP contribution in [0.15, 0.2) is 69.8 Å². The number of nitrogens with zero attached hydrogens (tertiary/aromatic N) is 1. The van der Waals surface area contributed by atoms with E-state index in [-0.39, 0.29) is 17.6 Å². The number of hydrogen-bond donors (Lipinski definition) is 1. The van der Waals surface area contributed by atoms with E-state index < -0.39 is 0 Å². The molecular weight excluding hydrogens is 452 g/mol. The standard InChI is InChI=1S/C22H21BrN2O5/c1-25(22(27)19-11-12-20(23)30-19)18-6-4-3-5-17(18)21(26)24-13-14-29-16-9-7-15(28-2)8-10-16/h3-12H,13-14H2,1-2H3,(H,24,26). The van der Waals surface area contributed by atoms with Gasteiger partial charge in [-0.05, 0) is 64.5 Å². The summed E-state index contributed by atoms with van der Waals surface area (Å²) in [6, 6.07) is 17.3. The van der Waals surface area contributed by atoms with E-state index in [1.54, 1.807) is 74.8 Å². The molecule has 0 bridgehead atoms. The molecule has 3 rings (SSSR count). The average molecular weight is 473 g/mol. The summed E-state index contributed by atoms with van der Waals surface area (Å²) in [5, 5.41) is 2.81. The van der Waals surface area contributed by atoms with Gasteiger partial charge in [0.05, 0.1) is 24.9 Å². The topological polar surface area (TPSA) is 81.0 Å². The van der Waals surface area contributed by atoms with Crippen molar-refractivity contribution >= 4 is 33.4 Å². The van der Waals surface area contributed by atoms with Crippen LogP contribution >= 0.6 is 15.9 Å². The maximum Gasteiger partial charge on any atom is 0.293 e. The molecule has 2 amide bonds. The molecule has 0 aliphatic heterocycles. The lowest BCUT2D eigenvalue weighted by atomic mass is 10.1. The number of hydrogen-bond acceptors (Lipinski definition) is 5. The van der Waals surface area contributed by atoms with Crippen LogP contribution in [0.25, 0.3) is 0 Å². The first kappa shape index (κ1) is 21.4. The van der Waals surface area contributed by atoms with Gasteiger partial charge >= 0.3 is 0 Å². The summed E-state index contributed by atoms with van der Waals surface area (Å²) in [7, 11) is 3.19. The smallest absolute Gasteiger partial charge is 0.293 e. The highest BCUT2D eigenvalue weighted by Crippen LogP contribution is 2.23. The highest BCUT2D eigenvalue weighted by Gasteiger charge is 2.21. The highest BCUT2D eigenvalue weighted by atomic mass is 79.9. The average Bonchev–Trinajstić information content (AvgIpc) is 3.22. The zero-order valence-electron chi connectivity index (χ0n) is 16.6. The molecule has 0 radical (unpaired) electrons. The van der Waals surface area contributed by atoms with E-state index in [2.05, 4.69) is 21.2 Å². The fourth-order valence-corrected chi connectivity index (χ4v) is 3.07. The lowest BCUT2D eigenvalue weighted by Crippen LogP contribution is -2.32. The summed E-state index contributed by atoms with van der Waals surface area (Å²) in [6.07, 6.45) is 0. The Kier molecular flexibility index (Phi) is 7.13. The molecule has 0 atom stereocenters. The van der Waals surface area contributed by atoms with Crippen LogP contribution in [0.4, 0.5) is 5.69 Å². The van der Waals surface area contributed by atoms with E-state index in [0.29, 0.717) is 34.8 Å². The molecule has 0 unspecified atom stereocenters. The summed E-state index contributed by atoms with van der Waals surface area (Å²) in [5.74, 6) is 0.939. The van der Waals surface area contributed by atoms with Gasteiger partial charge in [0.2, 0.25) is 0 Å². The predicted octanol–water partition coefficient (Wildman–Crippen LogP) is 4.14. The first-order valence-electron chi connectivity index (χ1n) is 9.17. The van der Waals surface area contributed by atoms with Gasteiger partial charge in [0.1, 0.15) is 18.1 Å². The Hall–Kier alpha value is -3.26. The third kappa shape index (κ3) is 5.21. The molecule has 0 fully saturated rings. The van der Waals surface area contributed by atoms with Crippen molar-refractivity contribution in [2.24, 2.45) is 0 Å². The SMILES string of the molecule is COc1ccc(OCCNC(=O)c2ccccc2N(C)C(=O)c2ccc(Br)o2)cc1. The Morgan fingerprint density at radius 1 is 1.03 bits per heavy atom. The van der Waals surface area contributed by atoms with Crippen LogP contribution in [-0.2, 0) is 0 Å². The molecule has 0 aliphatic rings. The molecule has 156 valence electrons. The maximum absolute atomic E-state index is 12.7. The third-order valence-corrected chi connectivity index (χ3v) is 4.74. The van der Waals surface area contributed by atoms with Crippen LogP contribution in [0.1, 0.15) is 20.9 Å². The second kappa shape index (κ2) is 9.98. The van der Waals surface area contributed by atoms with Crippen molar-refractivity contribution in [1.82, 2.24) is 5.32 Å². The summed E-state index contributed by atoms with van der Waals surface area (Å²) in [6.45, 7) is 0.609. The molecule has 7 nitrogen and oxygen atoms in total. The summed E-state index contributed by atoms with van der Waals surface area (Å²) >= 11 is 3.18. The van der Waals surface area contributed by atoms with Gasteiger partial charge in [0.15, 0.2) is 10.4 Å². The summed E-state index contributed by atoms with van der Waals surface area (Å²) in [5.41, 5.74) is 0.854. The molecule has 3 aromatic rings. The minimum Gasteiger partial charge on any atom is -0.497 e. The van der Waals surface area contributed by atoms with E-state index in [9.17, 15) is 9.59 Å². The number of amides is 2. The van der Waals surface area contributed by atoms with E-state index in [0.717, 1.165) is 5.75 Å². The monoisotopic (exact) mass is 472 g/mol. The molecule has 1 heterocycles. The second-order valence-electron chi connectivity index (χ2n) is 6.26. The molecule has 0 spiro atoms. The minimum absolute atomic E-state index is 0.174. The number of furan rings is 1. The molecule has 0 saturated carbocycles. The quantitative estimate of drug-likeness (QED) is 0.498. The van der Waals surface area contributed by atoms with Gasteiger partial charge < -0.3 is 24.1 Å². The normalized spacial score (nSPS) is 10.4. The van der Waals surface area contributed by atoms with E-state index in [1.165, 1.54) is 4.90 Å². The highest BCUT2D eigenvalue weighted by molar-refractivity contribution is 9.10. The van der Waals surface area contributed by atoms with Gasteiger partial charge in [-0.15, -0.1) is 0 Å². The first-order chi connectivity index (χ1) is 14.5. The van der Waals surface area contributed by atoms with Gasteiger partial charge in [-0.3, -0.25) is 9.59 Å². The second-order valence-corrected chi connectivity index (χ2v) is 7.05. The number of benzene rings is 2. The van der Waals surface area contributed by atoms with Gasteiger partial charge in [0.25, 0.3) is 11.8 Å². The number of rotatable bonds is 8. The Balaban J connectivity index is 1.60. The van der Waals surface area contributed by atoms with Crippen molar-refractivity contribution in [2.75, 3.05) is 32.2 Å². The van der Waals surface area contributed by atoms with Crippen molar-refractivity contribution in [3.8, 4) is 11.5 Å². The van der Waals surface area contributed by atoms with Crippen LogP contribution in [-0.4, -0.2) is 39.1 Å².